The predicted octanol–water partition coefficient (Wildman–Crippen LogP) is 3.06. The Balaban J connectivity index is 2.07. The van der Waals surface area contributed by atoms with Gasteiger partial charge in [0.05, 0.1) is 0 Å². The van der Waals surface area contributed by atoms with Crippen molar-refractivity contribution < 1.29 is 0 Å². The zero-order valence-corrected chi connectivity index (χ0v) is 11.9. The first-order valence-corrected chi connectivity index (χ1v) is 6.75. The molecule has 0 atom stereocenters. The quantitative estimate of drug-likeness (QED) is 0.560. The van der Waals surface area contributed by atoms with Gasteiger partial charge in [0.15, 0.2) is 0 Å². The molecular weight excluding hydrogens is 220 g/mol. The van der Waals surface area contributed by atoms with Crippen LogP contribution < -0.4 is 5.32 Å². The van der Waals surface area contributed by atoms with Crippen molar-refractivity contribution in [3.8, 4) is 0 Å². The summed E-state index contributed by atoms with van der Waals surface area (Å²) in [6.07, 6.45) is 3.42. The Morgan fingerprint density at radius 3 is 2.61 bits per heavy atom. The standard InChI is InChI=1S/C16H26N2/c1-15(2)10-12-17-11-7-13-18(3)14-16-8-5-4-6-9-16/h4-6,8-10,17H,7,11-14H2,1-3H3. The molecule has 100 valence electrons. The van der Waals surface area contributed by atoms with Gasteiger partial charge in [0, 0.05) is 13.1 Å². The normalized spacial score (nSPS) is 10.7. The van der Waals surface area contributed by atoms with Gasteiger partial charge in [0.2, 0.25) is 0 Å². The molecule has 1 rings (SSSR count). The van der Waals surface area contributed by atoms with Crippen LogP contribution in [0, 0.1) is 0 Å². The molecule has 1 N–H and O–H groups in total. The third kappa shape index (κ3) is 7.25. The Bertz CT molecular complexity index is 339. The second-order valence-corrected chi connectivity index (χ2v) is 5.06. The summed E-state index contributed by atoms with van der Waals surface area (Å²) >= 11 is 0. The van der Waals surface area contributed by atoms with Crippen LogP contribution in [0.5, 0.6) is 0 Å². The average molecular weight is 246 g/mol. The third-order valence-electron chi connectivity index (χ3n) is 2.84. The van der Waals surface area contributed by atoms with Crippen molar-refractivity contribution in [2.75, 3.05) is 26.7 Å². The average Bonchev–Trinajstić information content (AvgIpc) is 2.34. The number of rotatable bonds is 8. The van der Waals surface area contributed by atoms with Crippen LogP contribution in [0.1, 0.15) is 25.8 Å². The molecule has 0 spiro atoms. The van der Waals surface area contributed by atoms with Crippen LogP contribution in [0.4, 0.5) is 0 Å². The maximum Gasteiger partial charge on any atom is 0.0230 e. The summed E-state index contributed by atoms with van der Waals surface area (Å²) in [4.78, 5) is 2.37. The molecule has 0 unspecified atom stereocenters. The van der Waals surface area contributed by atoms with Crippen LogP contribution >= 0.6 is 0 Å². The lowest BCUT2D eigenvalue weighted by atomic mass is 10.2. The molecule has 0 fully saturated rings. The van der Waals surface area contributed by atoms with Gasteiger partial charge in [0.1, 0.15) is 0 Å². The minimum atomic E-state index is 0.991. The van der Waals surface area contributed by atoms with Gasteiger partial charge in [-0.15, -0.1) is 0 Å². The number of benzene rings is 1. The van der Waals surface area contributed by atoms with Gasteiger partial charge in [-0.3, -0.25) is 0 Å². The Kier molecular flexibility index (Phi) is 7.38. The zero-order chi connectivity index (χ0) is 13.2. The van der Waals surface area contributed by atoms with E-state index in [0.29, 0.717) is 0 Å². The predicted molar refractivity (Wildman–Crippen MR) is 79.7 cm³/mol. The summed E-state index contributed by atoms with van der Waals surface area (Å²) in [6, 6.07) is 10.6. The highest BCUT2D eigenvalue weighted by atomic mass is 15.1. The van der Waals surface area contributed by atoms with Gasteiger partial charge in [-0.25, -0.2) is 0 Å². The Morgan fingerprint density at radius 2 is 1.94 bits per heavy atom. The van der Waals surface area contributed by atoms with Crippen LogP contribution in [-0.4, -0.2) is 31.6 Å². The smallest absolute Gasteiger partial charge is 0.0230 e. The summed E-state index contributed by atoms with van der Waals surface area (Å²) in [5.41, 5.74) is 2.76. The summed E-state index contributed by atoms with van der Waals surface area (Å²) < 4.78 is 0. The minimum absolute atomic E-state index is 0.991. The molecule has 1 aromatic carbocycles. The lowest BCUT2D eigenvalue weighted by molar-refractivity contribution is 0.320. The van der Waals surface area contributed by atoms with Crippen molar-refractivity contribution in [1.82, 2.24) is 10.2 Å². The van der Waals surface area contributed by atoms with Gasteiger partial charge < -0.3 is 10.2 Å². The fraction of sp³-hybridized carbons (Fsp3) is 0.500. The minimum Gasteiger partial charge on any atom is -0.313 e. The summed E-state index contributed by atoms with van der Waals surface area (Å²) in [7, 11) is 2.18. The number of hydrogen-bond donors (Lipinski definition) is 1. The second kappa shape index (κ2) is 8.90. The van der Waals surface area contributed by atoms with E-state index in [4.69, 9.17) is 0 Å². The molecule has 0 aliphatic carbocycles. The van der Waals surface area contributed by atoms with Crippen molar-refractivity contribution in [3.63, 3.8) is 0 Å². The van der Waals surface area contributed by atoms with E-state index in [9.17, 15) is 0 Å². The van der Waals surface area contributed by atoms with Crippen LogP contribution in [0.25, 0.3) is 0 Å². The molecule has 0 saturated heterocycles. The first-order valence-electron chi connectivity index (χ1n) is 6.75. The molecule has 0 aromatic heterocycles. The molecule has 0 bridgehead atoms. The van der Waals surface area contributed by atoms with Crippen molar-refractivity contribution in [2.24, 2.45) is 0 Å². The maximum atomic E-state index is 3.43. The van der Waals surface area contributed by atoms with E-state index in [0.717, 1.165) is 26.2 Å². The third-order valence-corrected chi connectivity index (χ3v) is 2.84. The largest absolute Gasteiger partial charge is 0.313 e. The molecule has 0 heterocycles. The molecule has 1 aromatic rings. The van der Waals surface area contributed by atoms with E-state index in [1.807, 2.05) is 0 Å². The molecule has 2 nitrogen and oxygen atoms in total. The molecule has 0 aliphatic rings. The van der Waals surface area contributed by atoms with Gasteiger partial charge in [-0.1, -0.05) is 42.0 Å². The van der Waals surface area contributed by atoms with Gasteiger partial charge >= 0.3 is 0 Å². The Hall–Kier alpha value is -1.12. The topological polar surface area (TPSA) is 15.3 Å². The molecule has 0 radical (unpaired) electrons. The monoisotopic (exact) mass is 246 g/mol. The van der Waals surface area contributed by atoms with Crippen molar-refractivity contribution in [1.29, 1.82) is 0 Å². The number of nitrogens with one attached hydrogen (secondary N) is 1. The van der Waals surface area contributed by atoms with Crippen LogP contribution in [0.2, 0.25) is 0 Å². The summed E-state index contributed by atoms with van der Waals surface area (Å²) in [5.74, 6) is 0. The molecule has 18 heavy (non-hydrogen) atoms. The fourth-order valence-corrected chi connectivity index (χ4v) is 1.83. The van der Waals surface area contributed by atoms with Gasteiger partial charge in [0.25, 0.3) is 0 Å². The highest BCUT2D eigenvalue weighted by Crippen LogP contribution is 2.02. The first-order chi connectivity index (χ1) is 8.68. The van der Waals surface area contributed by atoms with Crippen molar-refractivity contribution in [2.45, 2.75) is 26.8 Å². The SMILES string of the molecule is CC(C)=CCNCCCN(C)Cc1ccccc1. The van der Waals surface area contributed by atoms with E-state index in [-0.39, 0.29) is 0 Å². The Morgan fingerprint density at radius 1 is 1.22 bits per heavy atom. The number of allylic oxidation sites excluding steroid dienone is 1. The highest BCUT2D eigenvalue weighted by molar-refractivity contribution is 5.14. The fourth-order valence-electron chi connectivity index (χ4n) is 1.83. The van der Waals surface area contributed by atoms with E-state index < -0.39 is 0 Å². The Labute approximate surface area is 112 Å². The van der Waals surface area contributed by atoms with E-state index in [1.54, 1.807) is 0 Å². The molecule has 0 aliphatic heterocycles. The van der Waals surface area contributed by atoms with Crippen LogP contribution in [-0.2, 0) is 6.54 Å². The molecular formula is C16H26N2. The first kappa shape index (κ1) is 14.9. The van der Waals surface area contributed by atoms with Gasteiger partial charge in [-0.2, -0.15) is 0 Å². The highest BCUT2D eigenvalue weighted by Gasteiger charge is 1.98. The molecule has 0 saturated carbocycles. The molecule has 2 heteroatoms. The lowest BCUT2D eigenvalue weighted by Gasteiger charge is -2.16. The summed E-state index contributed by atoms with van der Waals surface area (Å²) in [6.45, 7) is 8.52. The van der Waals surface area contributed by atoms with Crippen LogP contribution in [0.3, 0.4) is 0 Å². The zero-order valence-electron chi connectivity index (χ0n) is 11.9. The number of hydrogen-bond acceptors (Lipinski definition) is 2. The molecule has 0 amide bonds. The second-order valence-electron chi connectivity index (χ2n) is 5.06. The number of nitrogens with zero attached hydrogens (tertiary/aromatic N) is 1. The maximum absolute atomic E-state index is 3.43. The van der Waals surface area contributed by atoms with Crippen LogP contribution in [0.15, 0.2) is 42.0 Å². The lowest BCUT2D eigenvalue weighted by Crippen LogP contribution is -2.24. The van der Waals surface area contributed by atoms with Crippen molar-refractivity contribution in [3.05, 3.63) is 47.5 Å². The van der Waals surface area contributed by atoms with Crippen molar-refractivity contribution >= 4 is 0 Å². The van der Waals surface area contributed by atoms with E-state index in [1.165, 1.54) is 17.6 Å². The summed E-state index contributed by atoms with van der Waals surface area (Å²) in [5, 5.41) is 3.43. The van der Waals surface area contributed by atoms with E-state index >= 15 is 0 Å². The van der Waals surface area contributed by atoms with E-state index in [2.05, 4.69) is 67.5 Å². The van der Waals surface area contributed by atoms with Gasteiger partial charge in [-0.05, 0) is 46.0 Å².